The van der Waals surface area contributed by atoms with Gasteiger partial charge in [-0.2, -0.15) is 10.2 Å². The van der Waals surface area contributed by atoms with Gasteiger partial charge in [0, 0.05) is 23.0 Å². The van der Waals surface area contributed by atoms with Crippen molar-refractivity contribution in [2.75, 3.05) is 5.32 Å². The molecule has 6 heteroatoms. The maximum atomic E-state index is 8.80. The Morgan fingerprint density at radius 2 is 1.96 bits per heavy atom. The SMILES string of the molecule is N#Cc1ccc(Nc2nccc(OCc3cccc(Cl)c3)n2)cc1. The van der Waals surface area contributed by atoms with Crippen molar-refractivity contribution in [3.8, 4) is 11.9 Å². The van der Waals surface area contributed by atoms with Gasteiger partial charge in [0.05, 0.1) is 11.6 Å². The van der Waals surface area contributed by atoms with E-state index in [9.17, 15) is 0 Å². The van der Waals surface area contributed by atoms with E-state index in [-0.39, 0.29) is 0 Å². The van der Waals surface area contributed by atoms with E-state index >= 15 is 0 Å². The number of hydrogen-bond acceptors (Lipinski definition) is 5. The molecule has 118 valence electrons. The highest BCUT2D eigenvalue weighted by atomic mass is 35.5. The second-order valence-corrected chi connectivity index (χ2v) is 5.39. The van der Waals surface area contributed by atoms with Crippen LogP contribution in [0.1, 0.15) is 11.1 Å². The van der Waals surface area contributed by atoms with E-state index in [0.29, 0.717) is 29.0 Å². The molecule has 3 aromatic rings. The number of nitrogens with zero attached hydrogens (tertiary/aromatic N) is 3. The van der Waals surface area contributed by atoms with E-state index in [1.165, 1.54) is 0 Å². The first-order valence-electron chi connectivity index (χ1n) is 7.20. The summed E-state index contributed by atoms with van der Waals surface area (Å²) < 4.78 is 5.67. The molecule has 0 bridgehead atoms. The summed E-state index contributed by atoms with van der Waals surface area (Å²) in [6.07, 6.45) is 1.62. The number of rotatable bonds is 5. The summed E-state index contributed by atoms with van der Waals surface area (Å²) in [6, 6.07) is 18.3. The van der Waals surface area contributed by atoms with E-state index in [1.807, 2.05) is 24.3 Å². The van der Waals surface area contributed by atoms with Gasteiger partial charge in [0.25, 0.3) is 0 Å². The Morgan fingerprint density at radius 1 is 1.12 bits per heavy atom. The van der Waals surface area contributed by atoms with Crippen LogP contribution in [0.3, 0.4) is 0 Å². The molecular weight excluding hydrogens is 324 g/mol. The highest BCUT2D eigenvalue weighted by Crippen LogP contribution is 2.17. The molecule has 1 aromatic heterocycles. The zero-order valence-electron chi connectivity index (χ0n) is 12.6. The van der Waals surface area contributed by atoms with Crippen LogP contribution in [0.15, 0.2) is 60.8 Å². The number of nitrogens with one attached hydrogen (secondary N) is 1. The van der Waals surface area contributed by atoms with Crippen molar-refractivity contribution >= 4 is 23.2 Å². The van der Waals surface area contributed by atoms with Crippen molar-refractivity contribution < 1.29 is 4.74 Å². The molecule has 0 unspecified atom stereocenters. The number of halogens is 1. The summed E-state index contributed by atoms with van der Waals surface area (Å²) in [7, 11) is 0. The Morgan fingerprint density at radius 3 is 2.71 bits per heavy atom. The molecule has 0 aliphatic heterocycles. The second-order valence-electron chi connectivity index (χ2n) is 4.95. The summed E-state index contributed by atoms with van der Waals surface area (Å²) >= 11 is 5.95. The van der Waals surface area contributed by atoms with Gasteiger partial charge in [-0.05, 0) is 42.0 Å². The third-order valence-electron chi connectivity index (χ3n) is 3.18. The first-order chi connectivity index (χ1) is 11.7. The standard InChI is InChI=1S/C18H13ClN4O/c19-15-3-1-2-14(10-15)12-24-17-8-9-21-18(23-17)22-16-6-4-13(11-20)5-7-16/h1-10H,12H2,(H,21,22,23). The van der Waals surface area contributed by atoms with Crippen molar-refractivity contribution in [1.29, 1.82) is 5.26 Å². The molecule has 0 aliphatic carbocycles. The van der Waals surface area contributed by atoms with E-state index in [1.54, 1.807) is 36.5 Å². The van der Waals surface area contributed by atoms with Gasteiger partial charge in [-0.25, -0.2) is 4.98 Å². The lowest BCUT2D eigenvalue weighted by Crippen LogP contribution is -2.01. The Hall–Kier alpha value is -3.10. The zero-order chi connectivity index (χ0) is 16.8. The average molecular weight is 337 g/mol. The first-order valence-corrected chi connectivity index (χ1v) is 7.58. The molecule has 1 N–H and O–H groups in total. The summed E-state index contributed by atoms with van der Waals surface area (Å²) in [4.78, 5) is 8.46. The van der Waals surface area contributed by atoms with E-state index < -0.39 is 0 Å². The van der Waals surface area contributed by atoms with Crippen LogP contribution < -0.4 is 10.1 Å². The smallest absolute Gasteiger partial charge is 0.230 e. The normalized spacial score (nSPS) is 10.0. The molecule has 5 nitrogen and oxygen atoms in total. The number of hydrogen-bond donors (Lipinski definition) is 1. The van der Waals surface area contributed by atoms with Crippen LogP contribution in [0, 0.1) is 11.3 Å². The van der Waals surface area contributed by atoms with Crippen LogP contribution in [0.4, 0.5) is 11.6 Å². The van der Waals surface area contributed by atoms with E-state index in [4.69, 9.17) is 21.6 Å². The average Bonchev–Trinajstić information content (AvgIpc) is 2.61. The quantitative estimate of drug-likeness (QED) is 0.751. The summed E-state index contributed by atoms with van der Waals surface area (Å²) in [5, 5.41) is 12.5. The van der Waals surface area contributed by atoms with Gasteiger partial charge in [0.1, 0.15) is 6.61 Å². The molecule has 0 saturated heterocycles. The van der Waals surface area contributed by atoms with Gasteiger partial charge in [-0.1, -0.05) is 23.7 Å². The Balaban J connectivity index is 1.66. The van der Waals surface area contributed by atoms with Gasteiger partial charge >= 0.3 is 0 Å². The predicted octanol–water partition coefficient (Wildman–Crippen LogP) is 4.32. The van der Waals surface area contributed by atoms with Gasteiger partial charge in [0.2, 0.25) is 11.8 Å². The third-order valence-corrected chi connectivity index (χ3v) is 3.41. The minimum absolute atomic E-state index is 0.369. The van der Waals surface area contributed by atoms with Crippen molar-refractivity contribution in [1.82, 2.24) is 9.97 Å². The van der Waals surface area contributed by atoms with Crippen LogP contribution in [0.25, 0.3) is 0 Å². The van der Waals surface area contributed by atoms with E-state index in [0.717, 1.165) is 11.3 Å². The van der Waals surface area contributed by atoms with Crippen molar-refractivity contribution in [2.24, 2.45) is 0 Å². The molecule has 0 aliphatic rings. The molecule has 0 amide bonds. The fourth-order valence-electron chi connectivity index (χ4n) is 2.02. The van der Waals surface area contributed by atoms with Crippen LogP contribution >= 0.6 is 11.6 Å². The Kier molecular flexibility index (Phi) is 4.90. The van der Waals surface area contributed by atoms with Gasteiger partial charge in [-0.3, -0.25) is 0 Å². The maximum Gasteiger partial charge on any atom is 0.230 e. The predicted molar refractivity (Wildman–Crippen MR) is 92.3 cm³/mol. The van der Waals surface area contributed by atoms with Crippen LogP contribution in [-0.4, -0.2) is 9.97 Å². The summed E-state index contributed by atoms with van der Waals surface area (Å²) in [5.74, 6) is 0.879. The largest absolute Gasteiger partial charge is 0.473 e. The lowest BCUT2D eigenvalue weighted by molar-refractivity contribution is 0.294. The van der Waals surface area contributed by atoms with Crippen LogP contribution in [0.2, 0.25) is 5.02 Å². The molecule has 0 spiro atoms. The molecule has 1 heterocycles. The third kappa shape index (κ3) is 4.22. The lowest BCUT2D eigenvalue weighted by atomic mass is 10.2. The molecule has 0 radical (unpaired) electrons. The number of nitriles is 1. The van der Waals surface area contributed by atoms with Gasteiger partial charge in [-0.15, -0.1) is 0 Å². The van der Waals surface area contributed by atoms with Crippen molar-refractivity contribution in [2.45, 2.75) is 6.61 Å². The van der Waals surface area contributed by atoms with Crippen LogP contribution in [0.5, 0.6) is 5.88 Å². The molecular formula is C18H13ClN4O. The fourth-order valence-corrected chi connectivity index (χ4v) is 2.24. The Bertz CT molecular complexity index is 875. The van der Waals surface area contributed by atoms with E-state index in [2.05, 4.69) is 21.4 Å². The monoisotopic (exact) mass is 336 g/mol. The lowest BCUT2D eigenvalue weighted by Gasteiger charge is -2.08. The molecule has 3 rings (SSSR count). The summed E-state index contributed by atoms with van der Waals surface area (Å²) in [6.45, 7) is 0.369. The minimum Gasteiger partial charge on any atom is -0.473 e. The molecule has 0 fully saturated rings. The van der Waals surface area contributed by atoms with Crippen molar-refractivity contribution in [3.05, 3.63) is 76.9 Å². The molecule has 0 saturated carbocycles. The maximum absolute atomic E-state index is 8.80. The molecule has 0 atom stereocenters. The van der Waals surface area contributed by atoms with Gasteiger partial charge < -0.3 is 10.1 Å². The Labute approximate surface area is 144 Å². The topological polar surface area (TPSA) is 70.8 Å². The number of ether oxygens (including phenoxy) is 1. The van der Waals surface area contributed by atoms with Gasteiger partial charge in [0.15, 0.2) is 0 Å². The first kappa shape index (κ1) is 15.8. The minimum atomic E-state index is 0.369. The number of anilines is 2. The number of aromatic nitrogens is 2. The van der Waals surface area contributed by atoms with Crippen molar-refractivity contribution in [3.63, 3.8) is 0 Å². The zero-order valence-corrected chi connectivity index (χ0v) is 13.4. The highest BCUT2D eigenvalue weighted by Gasteiger charge is 2.02. The molecule has 24 heavy (non-hydrogen) atoms. The fraction of sp³-hybridized carbons (Fsp3) is 0.0556. The van der Waals surface area contributed by atoms with Crippen LogP contribution in [-0.2, 0) is 6.61 Å². The number of benzene rings is 2. The second kappa shape index (κ2) is 7.44. The summed E-state index contributed by atoms with van der Waals surface area (Å²) in [5.41, 5.74) is 2.35. The highest BCUT2D eigenvalue weighted by molar-refractivity contribution is 6.30. The molecule has 2 aromatic carbocycles.